The monoisotopic (exact) mass is 341 g/mol. The number of aliphatic carboxylic acids is 1. The predicted octanol–water partition coefficient (Wildman–Crippen LogP) is 3.40. The number of halogens is 1. The molecule has 0 aromatic heterocycles. The fourth-order valence-electron chi connectivity index (χ4n) is 2.51. The van der Waals surface area contributed by atoms with Crippen LogP contribution in [0.15, 0.2) is 28.7 Å². The molecule has 1 unspecified atom stereocenters. The van der Waals surface area contributed by atoms with Crippen molar-refractivity contribution in [2.24, 2.45) is 0 Å². The summed E-state index contributed by atoms with van der Waals surface area (Å²) in [6.07, 6.45) is 1.04. The van der Waals surface area contributed by atoms with Crippen molar-refractivity contribution in [1.29, 1.82) is 0 Å². The standard InChI is InChI=1S/C15H20BrNO3/c1-4-10-17(11(3)18)15(5-2,14(19)20)12-6-8-13(16)9-7-12/h6-9H,4-5,10H2,1-3H3,(H,19,20). The number of rotatable bonds is 6. The van der Waals surface area contributed by atoms with Crippen LogP contribution in [0.2, 0.25) is 0 Å². The molecule has 1 aromatic rings. The number of amides is 1. The first-order valence-corrected chi connectivity index (χ1v) is 7.47. The van der Waals surface area contributed by atoms with Crippen LogP contribution in [0, 0.1) is 0 Å². The zero-order chi connectivity index (χ0) is 15.3. The lowest BCUT2D eigenvalue weighted by atomic mass is 9.85. The molecule has 0 aliphatic heterocycles. The zero-order valence-corrected chi connectivity index (χ0v) is 13.6. The number of carboxylic acid groups (broad SMARTS) is 1. The van der Waals surface area contributed by atoms with Gasteiger partial charge in [-0.2, -0.15) is 0 Å². The van der Waals surface area contributed by atoms with E-state index in [0.717, 1.165) is 4.47 Å². The smallest absolute Gasteiger partial charge is 0.334 e. The maximum absolute atomic E-state index is 12.0. The predicted molar refractivity (Wildman–Crippen MR) is 81.4 cm³/mol. The average molecular weight is 342 g/mol. The lowest BCUT2D eigenvalue weighted by molar-refractivity contribution is -0.160. The summed E-state index contributed by atoms with van der Waals surface area (Å²) in [6, 6.07) is 7.11. The van der Waals surface area contributed by atoms with Crippen molar-refractivity contribution in [1.82, 2.24) is 4.90 Å². The minimum absolute atomic E-state index is 0.223. The maximum atomic E-state index is 12.0. The van der Waals surface area contributed by atoms with Crippen LogP contribution in [0.1, 0.15) is 39.2 Å². The van der Waals surface area contributed by atoms with Crippen LogP contribution >= 0.6 is 15.9 Å². The highest BCUT2D eigenvalue weighted by molar-refractivity contribution is 9.10. The summed E-state index contributed by atoms with van der Waals surface area (Å²) in [5.74, 6) is -1.22. The Morgan fingerprint density at radius 1 is 1.25 bits per heavy atom. The number of carbonyl (C=O) groups is 2. The molecule has 20 heavy (non-hydrogen) atoms. The molecule has 1 N–H and O–H groups in total. The zero-order valence-electron chi connectivity index (χ0n) is 12.0. The minimum Gasteiger partial charge on any atom is -0.479 e. The second-order valence-corrected chi connectivity index (χ2v) is 5.61. The molecule has 1 aromatic carbocycles. The van der Waals surface area contributed by atoms with Crippen LogP contribution in [-0.2, 0) is 15.1 Å². The van der Waals surface area contributed by atoms with E-state index in [1.807, 2.05) is 6.92 Å². The van der Waals surface area contributed by atoms with Crippen molar-refractivity contribution in [2.45, 2.75) is 39.2 Å². The molecule has 0 bridgehead atoms. The van der Waals surface area contributed by atoms with Crippen molar-refractivity contribution in [3.05, 3.63) is 34.3 Å². The molecular weight excluding hydrogens is 322 g/mol. The fraction of sp³-hybridized carbons (Fsp3) is 0.467. The lowest BCUT2D eigenvalue weighted by Crippen LogP contribution is -2.54. The van der Waals surface area contributed by atoms with Gasteiger partial charge >= 0.3 is 5.97 Å². The van der Waals surface area contributed by atoms with Gasteiger partial charge in [0.2, 0.25) is 5.91 Å². The van der Waals surface area contributed by atoms with E-state index >= 15 is 0 Å². The Morgan fingerprint density at radius 2 is 1.80 bits per heavy atom. The molecule has 0 heterocycles. The van der Waals surface area contributed by atoms with Crippen molar-refractivity contribution in [3.8, 4) is 0 Å². The van der Waals surface area contributed by atoms with Crippen molar-refractivity contribution >= 4 is 27.8 Å². The summed E-state index contributed by atoms with van der Waals surface area (Å²) in [7, 11) is 0. The average Bonchev–Trinajstić information content (AvgIpc) is 2.40. The van der Waals surface area contributed by atoms with Gasteiger partial charge < -0.3 is 10.0 Å². The summed E-state index contributed by atoms with van der Waals surface area (Å²) < 4.78 is 0.876. The second-order valence-electron chi connectivity index (χ2n) is 4.70. The van der Waals surface area contributed by atoms with Gasteiger partial charge in [-0.1, -0.05) is 41.9 Å². The molecule has 1 rings (SSSR count). The third kappa shape index (κ3) is 3.03. The van der Waals surface area contributed by atoms with Gasteiger partial charge in [0.1, 0.15) is 0 Å². The summed E-state index contributed by atoms with van der Waals surface area (Å²) in [5.41, 5.74) is -0.679. The van der Waals surface area contributed by atoms with E-state index in [1.54, 1.807) is 31.2 Å². The van der Waals surface area contributed by atoms with Crippen LogP contribution in [-0.4, -0.2) is 28.4 Å². The molecule has 1 atom stereocenters. The molecule has 0 saturated carbocycles. The Hall–Kier alpha value is -1.36. The highest BCUT2D eigenvalue weighted by Crippen LogP contribution is 2.34. The molecule has 0 spiro atoms. The molecule has 0 aliphatic carbocycles. The summed E-state index contributed by atoms with van der Waals surface area (Å²) in [6.45, 7) is 5.56. The van der Waals surface area contributed by atoms with Crippen LogP contribution < -0.4 is 0 Å². The van der Waals surface area contributed by atoms with E-state index in [-0.39, 0.29) is 5.91 Å². The Bertz CT molecular complexity index is 486. The van der Waals surface area contributed by atoms with Crippen LogP contribution in [0.5, 0.6) is 0 Å². The molecule has 0 radical (unpaired) electrons. The van der Waals surface area contributed by atoms with Crippen LogP contribution in [0.3, 0.4) is 0 Å². The molecule has 0 aliphatic rings. The van der Waals surface area contributed by atoms with Gasteiger partial charge in [0.15, 0.2) is 5.54 Å². The third-order valence-corrected chi connectivity index (χ3v) is 4.00. The first kappa shape index (κ1) is 16.7. The number of carbonyl (C=O) groups excluding carboxylic acids is 1. The van der Waals surface area contributed by atoms with Crippen molar-refractivity contribution < 1.29 is 14.7 Å². The van der Waals surface area contributed by atoms with E-state index in [0.29, 0.717) is 24.9 Å². The number of carboxylic acids is 1. The van der Waals surface area contributed by atoms with E-state index < -0.39 is 11.5 Å². The number of benzene rings is 1. The first-order valence-electron chi connectivity index (χ1n) is 6.67. The number of hydrogen-bond donors (Lipinski definition) is 1. The lowest BCUT2D eigenvalue weighted by Gasteiger charge is -2.40. The van der Waals surface area contributed by atoms with Gasteiger partial charge in [0.25, 0.3) is 0 Å². The van der Waals surface area contributed by atoms with E-state index in [2.05, 4.69) is 15.9 Å². The Kier molecular flexibility index (Phi) is 5.74. The first-order chi connectivity index (χ1) is 9.40. The molecule has 0 fully saturated rings. The van der Waals surface area contributed by atoms with Crippen LogP contribution in [0.4, 0.5) is 0 Å². The fourth-order valence-corrected chi connectivity index (χ4v) is 2.77. The topological polar surface area (TPSA) is 57.6 Å². The Morgan fingerprint density at radius 3 is 2.15 bits per heavy atom. The highest BCUT2D eigenvalue weighted by Gasteiger charge is 2.45. The Balaban J connectivity index is 3.44. The van der Waals surface area contributed by atoms with Gasteiger partial charge in [0, 0.05) is 17.9 Å². The second kappa shape index (κ2) is 6.88. The molecule has 5 heteroatoms. The maximum Gasteiger partial charge on any atom is 0.334 e. The third-order valence-electron chi connectivity index (χ3n) is 3.48. The number of hydrogen-bond acceptors (Lipinski definition) is 2. The summed E-state index contributed by atoms with van der Waals surface area (Å²) in [4.78, 5) is 25.3. The highest BCUT2D eigenvalue weighted by atomic mass is 79.9. The van der Waals surface area contributed by atoms with E-state index in [9.17, 15) is 14.7 Å². The van der Waals surface area contributed by atoms with Crippen molar-refractivity contribution in [3.63, 3.8) is 0 Å². The van der Waals surface area contributed by atoms with Gasteiger partial charge in [0.05, 0.1) is 0 Å². The molecular formula is C15H20BrNO3. The molecule has 4 nitrogen and oxygen atoms in total. The van der Waals surface area contributed by atoms with Gasteiger partial charge in [-0.3, -0.25) is 4.79 Å². The van der Waals surface area contributed by atoms with Gasteiger partial charge in [-0.25, -0.2) is 4.79 Å². The minimum atomic E-state index is -1.30. The largest absolute Gasteiger partial charge is 0.479 e. The van der Waals surface area contributed by atoms with Gasteiger partial charge in [-0.05, 0) is 30.5 Å². The summed E-state index contributed by atoms with van der Waals surface area (Å²) >= 11 is 3.34. The van der Waals surface area contributed by atoms with E-state index in [1.165, 1.54) is 11.8 Å². The van der Waals surface area contributed by atoms with Crippen LogP contribution in [0.25, 0.3) is 0 Å². The number of nitrogens with zero attached hydrogens (tertiary/aromatic N) is 1. The van der Waals surface area contributed by atoms with E-state index in [4.69, 9.17) is 0 Å². The quantitative estimate of drug-likeness (QED) is 0.862. The van der Waals surface area contributed by atoms with Gasteiger partial charge in [-0.15, -0.1) is 0 Å². The summed E-state index contributed by atoms with van der Waals surface area (Å²) in [5, 5.41) is 9.79. The molecule has 0 saturated heterocycles. The molecule has 110 valence electrons. The Labute approximate surface area is 127 Å². The normalized spacial score (nSPS) is 13.6. The molecule has 1 amide bonds. The SMILES string of the molecule is CCCN(C(C)=O)C(CC)(C(=O)O)c1ccc(Br)cc1. The van der Waals surface area contributed by atoms with Crippen molar-refractivity contribution in [2.75, 3.05) is 6.54 Å².